The zero-order valence-electron chi connectivity index (χ0n) is 22.6. The summed E-state index contributed by atoms with van der Waals surface area (Å²) >= 11 is 0. The van der Waals surface area contributed by atoms with E-state index in [-0.39, 0.29) is 0 Å². The van der Waals surface area contributed by atoms with Crippen LogP contribution >= 0.6 is 0 Å². The van der Waals surface area contributed by atoms with Gasteiger partial charge in [-0.2, -0.15) is 9.83 Å². The molecule has 8 rings (SSSR count). The number of hydrogen-bond donors (Lipinski definition) is 0. The van der Waals surface area contributed by atoms with Crippen molar-refractivity contribution in [3.8, 4) is 34.3 Å². The molecule has 0 amide bonds. The van der Waals surface area contributed by atoms with Gasteiger partial charge < -0.3 is 8.83 Å². The molecule has 0 saturated heterocycles. The van der Waals surface area contributed by atoms with E-state index < -0.39 is 0 Å². The molecular formula is C36H24N3O2+. The topological polar surface area (TPSA) is 58.9 Å². The molecule has 5 nitrogen and oxygen atoms in total. The van der Waals surface area contributed by atoms with Crippen LogP contribution in [0.3, 0.4) is 0 Å². The second-order valence-electron chi connectivity index (χ2n) is 10.5. The van der Waals surface area contributed by atoms with Gasteiger partial charge in [-0.1, -0.05) is 54.6 Å². The number of imidazole rings is 1. The van der Waals surface area contributed by atoms with E-state index in [1.165, 1.54) is 0 Å². The molecule has 3 aromatic heterocycles. The molecule has 0 fully saturated rings. The second kappa shape index (κ2) is 8.70. The van der Waals surface area contributed by atoms with Crippen LogP contribution < -0.4 is 4.57 Å². The fourth-order valence-corrected chi connectivity index (χ4v) is 6.11. The predicted octanol–water partition coefficient (Wildman–Crippen LogP) is 8.61. The fraction of sp³-hybridized carbons (Fsp3) is 0.0556. The number of furan rings is 2. The van der Waals surface area contributed by atoms with Gasteiger partial charge in [0.25, 0.3) is 5.82 Å². The van der Waals surface area contributed by atoms with Crippen LogP contribution in [0.4, 0.5) is 0 Å². The van der Waals surface area contributed by atoms with E-state index in [1.807, 2.05) is 60.7 Å². The van der Waals surface area contributed by atoms with Crippen LogP contribution in [0.5, 0.6) is 0 Å². The van der Waals surface area contributed by atoms with E-state index >= 15 is 0 Å². The Morgan fingerprint density at radius 2 is 1.44 bits per heavy atom. The van der Waals surface area contributed by atoms with Gasteiger partial charge in [0.1, 0.15) is 40.4 Å². The van der Waals surface area contributed by atoms with Gasteiger partial charge in [0.05, 0.1) is 18.7 Å². The Bertz CT molecular complexity index is 2350. The van der Waals surface area contributed by atoms with Crippen molar-refractivity contribution in [1.82, 2.24) is 4.57 Å². The van der Waals surface area contributed by atoms with Crippen molar-refractivity contribution < 1.29 is 13.4 Å². The van der Waals surface area contributed by atoms with Crippen molar-refractivity contribution in [2.24, 2.45) is 7.05 Å². The van der Waals surface area contributed by atoms with Crippen molar-refractivity contribution in [1.29, 1.82) is 5.26 Å². The Balaban J connectivity index is 1.44. The van der Waals surface area contributed by atoms with Gasteiger partial charge in [-0.3, -0.25) is 0 Å². The largest absolute Gasteiger partial charge is 0.456 e. The standard InChI is InChI=1S/C36H24N3O2/c1-22-12-15-27-28-16-13-24(21-37)33(23-14-17-31-29(20-23)26-10-6-7-11-30(26)40-31)35(28)41-34(27)32(22)36-38(2)18-19-39(36)25-8-4-3-5-9-25/h3-20H,1-2H3/q+1. The molecule has 41 heavy (non-hydrogen) atoms. The minimum absolute atomic E-state index is 0.570. The van der Waals surface area contributed by atoms with E-state index in [0.717, 1.165) is 72.1 Å². The van der Waals surface area contributed by atoms with Crippen LogP contribution in [0, 0.1) is 18.3 Å². The van der Waals surface area contributed by atoms with Crippen LogP contribution in [0.25, 0.3) is 72.1 Å². The van der Waals surface area contributed by atoms with Gasteiger partial charge in [0.15, 0.2) is 5.58 Å². The van der Waals surface area contributed by atoms with Crippen LogP contribution in [-0.2, 0) is 7.05 Å². The molecule has 0 aliphatic rings. The highest BCUT2D eigenvalue weighted by molar-refractivity contribution is 6.15. The molecule has 194 valence electrons. The average molecular weight is 531 g/mol. The maximum Gasteiger partial charge on any atom is 0.297 e. The van der Waals surface area contributed by atoms with Gasteiger partial charge in [-0.25, -0.2) is 4.57 Å². The summed E-state index contributed by atoms with van der Waals surface area (Å²) in [5, 5.41) is 14.2. The lowest BCUT2D eigenvalue weighted by atomic mass is 9.95. The summed E-state index contributed by atoms with van der Waals surface area (Å²) in [4.78, 5) is 0. The van der Waals surface area contributed by atoms with E-state index in [0.29, 0.717) is 11.1 Å². The Morgan fingerprint density at radius 3 is 2.27 bits per heavy atom. The Kier molecular flexibility index (Phi) is 4.95. The second-order valence-corrected chi connectivity index (χ2v) is 10.5. The molecule has 0 N–H and O–H groups in total. The Morgan fingerprint density at radius 1 is 0.707 bits per heavy atom. The fourth-order valence-electron chi connectivity index (χ4n) is 6.11. The number of rotatable bonds is 3. The number of hydrogen-bond acceptors (Lipinski definition) is 3. The van der Waals surface area contributed by atoms with E-state index in [4.69, 9.17) is 8.83 Å². The summed E-state index contributed by atoms with van der Waals surface area (Å²) in [6.07, 6.45) is 4.14. The summed E-state index contributed by atoms with van der Waals surface area (Å²) in [7, 11) is 2.05. The van der Waals surface area contributed by atoms with Gasteiger partial charge in [-0.05, 0) is 60.5 Å². The molecule has 5 heteroatoms. The van der Waals surface area contributed by atoms with Gasteiger partial charge in [0, 0.05) is 27.1 Å². The molecule has 0 saturated carbocycles. The third-order valence-electron chi connectivity index (χ3n) is 8.06. The monoisotopic (exact) mass is 530 g/mol. The van der Waals surface area contributed by atoms with Gasteiger partial charge in [-0.15, -0.1) is 0 Å². The minimum Gasteiger partial charge on any atom is -0.456 e. The first-order valence-corrected chi connectivity index (χ1v) is 13.6. The normalized spacial score (nSPS) is 11.6. The third kappa shape index (κ3) is 3.38. The first kappa shape index (κ1) is 23.3. The van der Waals surface area contributed by atoms with Crippen LogP contribution in [0.15, 0.2) is 118 Å². The number of para-hydroxylation sites is 2. The zero-order valence-corrected chi connectivity index (χ0v) is 22.6. The van der Waals surface area contributed by atoms with Crippen molar-refractivity contribution >= 4 is 43.9 Å². The lowest BCUT2D eigenvalue weighted by Gasteiger charge is -2.07. The van der Waals surface area contributed by atoms with E-state index in [2.05, 4.69) is 78.0 Å². The number of benzene rings is 5. The van der Waals surface area contributed by atoms with Crippen LogP contribution in [0.2, 0.25) is 0 Å². The Labute approximate surface area is 235 Å². The van der Waals surface area contributed by atoms with Crippen molar-refractivity contribution in [3.63, 3.8) is 0 Å². The molecule has 0 aliphatic heterocycles. The first-order valence-electron chi connectivity index (χ1n) is 13.6. The number of aryl methyl sites for hydroxylation is 2. The first-order chi connectivity index (χ1) is 20.1. The summed E-state index contributed by atoms with van der Waals surface area (Å²) in [6.45, 7) is 2.11. The lowest BCUT2D eigenvalue weighted by molar-refractivity contribution is -0.659. The maximum absolute atomic E-state index is 10.2. The predicted molar refractivity (Wildman–Crippen MR) is 162 cm³/mol. The molecule has 0 atom stereocenters. The van der Waals surface area contributed by atoms with E-state index in [9.17, 15) is 5.26 Å². The molecule has 0 unspecified atom stereocenters. The van der Waals surface area contributed by atoms with Crippen LogP contribution in [-0.4, -0.2) is 4.57 Å². The summed E-state index contributed by atoms with van der Waals surface area (Å²) < 4.78 is 17.2. The molecule has 0 spiro atoms. The number of nitriles is 1. The van der Waals surface area contributed by atoms with Crippen molar-refractivity contribution in [2.75, 3.05) is 0 Å². The zero-order chi connectivity index (χ0) is 27.7. The molecule has 3 heterocycles. The summed E-state index contributed by atoms with van der Waals surface area (Å²) in [6, 6.07) is 35.0. The summed E-state index contributed by atoms with van der Waals surface area (Å²) in [5.41, 5.74) is 8.66. The van der Waals surface area contributed by atoms with E-state index in [1.54, 1.807) is 0 Å². The number of fused-ring (bicyclic) bond motifs is 6. The lowest BCUT2D eigenvalue weighted by Crippen LogP contribution is -2.29. The maximum atomic E-state index is 10.2. The third-order valence-corrected chi connectivity index (χ3v) is 8.06. The highest BCUT2D eigenvalue weighted by atomic mass is 16.3. The minimum atomic E-state index is 0.570. The molecule has 0 bridgehead atoms. The number of nitrogens with zero attached hydrogens (tertiary/aromatic N) is 3. The van der Waals surface area contributed by atoms with Gasteiger partial charge in [0.2, 0.25) is 0 Å². The van der Waals surface area contributed by atoms with Crippen molar-refractivity contribution in [2.45, 2.75) is 6.92 Å². The quantitative estimate of drug-likeness (QED) is 0.215. The molecule has 0 aliphatic carbocycles. The molecule has 0 radical (unpaired) electrons. The van der Waals surface area contributed by atoms with Crippen LogP contribution in [0.1, 0.15) is 11.1 Å². The molecule has 5 aromatic carbocycles. The Hall–Kier alpha value is -5.60. The highest BCUT2D eigenvalue weighted by Crippen LogP contribution is 2.43. The summed E-state index contributed by atoms with van der Waals surface area (Å²) in [5.74, 6) is 1.02. The average Bonchev–Trinajstić information content (AvgIpc) is 3.69. The SMILES string of the molecule is Cc1ccc2c(oc3c(-c4ccc5oc6ccccc6c5c4)c(C#N)ccc32)c1-c1n(-c2ccccc2)cc[n+]1C. The smallest absolute Gasteiger partial charge is 0.297 e. The highest BCUT2D eigenvalue weighted by Gasteiger charge is 2.27. The molecule has 8 aromatic rings. The van der Waals surface area contributed by atoms with Crippen molar-refractivity contribution in [3.05, 3.63) is 121 Å². The van der Waals surface area contributed by atoms with Gasteiger partial charge >= 0.3 is 0 Å². The number of aromatic nitrogens is 2. The molecular weight excluding hydrogens is 506 g/mol.